The van der Waals surface area contributed by atoms with Gasteiger partial charge in [-0.2, -0.15) is 5.10 Å². The fraction of sp³-hybridized carbons (Fsp3) is 0.133. The van der Waals surface area contributed by atoms with Gasteiger partial charge in [0.25, 0.3) is 0 Å². The summed E-state index contributed by atoms with van der Waals surface area (Å²) in [5.74, 6) is -0.205. The van der Waals surface area contributed by atoms with Crippen LogP contribution in [0.25, 0.3) is 0 Å². The largest absolute Gasteiger partial charge is 0.477 e. The topological polar surface area (TPSA) is 118 Å². The molecular formula is C15H15N3O5S. The van der Waals surface area contributed by atoms with E-state index in [-0.39, 0.29) is 10.7 Å². The maximum atomic E-state index is 11.3. The van der Waals surface area contributed by atoms with Crippen LogP contribution in [-0.2, 0) is 14.6 Å². The van der Waals surface area contributed by atoms with Crippen molar-refractivity contribution in [1.82, 2.24) is 4.98 Å². The first-order valence-electron chi connectivity index (χ1n) is 6.73. The molecule has 0 radical (unpaired) electrons. The van der Waals surface area contributed by atoms with Crippen LogP contribution in [0.2, 0.25) is 0 Å². The van der Waals surface area contributed by atoms with Crippen LogP contribution in [0.1, 0.15) is 6.92 Å². The molecule has 2 rings (SSSR count). The Labute approximate surface area is 138 Å². The lowest BCUT2D eigenvalue weighted by Crippen LogP contribution is -2.10. The summed E-state index contributed by atoms with van der Waals surface area (Å²) in [7, 11) is -3.35. The first-order valence-corrected chi connectivity index (χ1v) is 8.62. The molecule has 2 N–H and O–H groups in total. The van der Waals surface area contributed by atoms with Crippen molar-refractivity contribution in [3.63, 3.8) is 0 Å². The summed E-state index contributed by atoms with van der Waals surface area (Å²) in [6.07, 6.45) is 2.40. The molecule has 24 heavy (non-hydrogen) atoms. The lowest BCUT2D eigenvalue weighted by molar-refractivity contribution is -0.129. The van der Waals surface area contributed by atoms with Crippen molar-refractivity contribution >= 4 is 27.2 Å². The van der Waals surface area contributed by atoms with Gasteiger partial charge in [0.2, 0.25) is 0 Å². The van der Waals surface area contributed by atoms with Crippen LogP contribution >= 0.6 is 0 Å². The SMILES string of the molecule is C/C(=N\Nc1ccc(Oc2ccc(S(C)(=O)=O)nc2)cc1)C(=O)O. The fourth-order valence-electron chi connectivity index (χ4n) is 1.58. The molecule has 1 aromatic carbocycles. The summed E-state index contributed by atoms with van der Waals surface area (Å²) in [6, 6.07) is 9.50. The van der Waals surface area contributed by atoms with Gasteiger partial charge in [0, 0.05) is 6.26 Å². The summed E-state index contributed by atoms with van der Waals surface area (Å²) in [5.41, 5.74) is 3.14. The highest BCUT2D eigenvalue weighted by molar-refractivity contribution is 7.90. The second kappa shape index (κ2) is 7.09. The summed E-state index contributed by atoms with van der Waals surface area (Å²) >= 11 is 0. The third-order valence-corrected chi connectivity index (χ3v) is 3.84. The Morgan fingerprint density at radius 2 is 1.79 bits per heavy atom. The van der Waals surface area contributed by atoms with E-state index in [9.17, 15) is 13.2 Å². The molecule has 9 heteroatoms. The number of nitrogens with one attached hydrogen (secondary N) is 1. The van der Waals surface area contributed by atoms with Crippen molar-refractivity contribution in [3.8, 4) is 11.5 Å². The lowest BCUT2D eigenvalue weighted by Gasteiger charge is -2.07. The van der Waals surface area contributed by atoms with Crippen LogP contribution in [0.3, 0.4) is 0 Å². The highest BCUT2D eigenvalue weighted by atomic mass is 32.2. The Kier molecular flexibility index (Phi) is 5.14. The van der Waals surface area contributed by atoms with Crippen LogP contribution in [0.5, 0.6) is 11.5 Å². The van der Waals surface area contributed by atoms with E-state index in [2.05, 4.69) is 15.5 Å². The van der Waals surface area contributed by atoms with Crippen molar-refractivity contribution in [2.75, 3.05) is 11.7 Å². The molecule has 0 spiro atoms. The standard InChI is InChI=1S/C15H15N3O5S/c1-10(15(19)20)17-18-11-3-5-12(6-4-11)23-13-7-8-14(16-9-13)24(2,21)22/h3-9,18H,1-2H3,(H,19,20)/b17-10+. The number of pyridine rings is 1. The van der Waals surface area contributed by atoms with Crippen molar-refractivity contribution in [1.29, 1.82) is 0 Å². The van der Waals surface area contributed by atoms with Gasteiger partial charge < -0.3 is 9.84 Å². The van der Waals surface area contributed by atoms with E-state index in [1.165, 1.54) is 25.3 Å². The summed E-state index contributed by atoms with van der Waals surface area (Å²) in [6.45, 7) is 1.37. The minimum Gasteiger partial charge on any atom is -0.477 e. The van der Waals surface area contributed by atoms with Crippen molar-refractivity contribution in [2.45, 2.75) is 11.9 Å². The molecular weight excluding hydrogens is 334 g/mol. The number of ether oxygens (including phenoxy) is 1. The minimum absolute atomic E-state index is 0.0268. The normalized spacial score (nSPS) is 11.8. The number of aromatic nitrogens is 1. The molecule has 1 heterocycles. The van der Waals surface area contributed by atoms with E-state index in [4.69, 9.17) is 9.84 Å². The van der Waals surface area contributed by atoms with Gasteiger partial charge in [-0.1, -0.05) is 0 Å². The lowest BCUT2D eigenvalue weighted by atomic mass is 10.3. The third-order valence-electron chi connectivity index (χ3n) is 2.84. The van der Waals surface area contributed by atoms with Crippen LogP contribution < -0.4 is 10.2 Å². The van der Waals surface area contributed by atoms with Gasteiger partial charge in [-0.3, -0.25) is 5.43 Å². The maximum absolute atomic E-state index is 11.3. The molecule has 126 valence electrons. The van der Waals surface area contributed by atoms with Crippen molar-refractivity contribution < 1.29 is 23.1 Å². The van der Waals surface area contributed by atoms with Crippen LogP contribution in [0.4, 0.5) is 5.69 Å². The number of sulfone groups is 1. The number of hydrogen-bond acceptors (Lipinski definition) is 7. The second-order valence-electron chi connectivity index (χ2n) is 4.84. The first kappa shape index (κ1) is 17.4. The predicted octanol–water partition coefficient (Wildman–Crippen LogP) is 2.15. The van der Waals surface area contributed by atoms with Gasteiger partial charge in [0.15, 0.2) is 14.9 Å². The molecule has 0 unspecified atom stereocenters. The molecule has 0 saturated heterocycles. The predicted molar refractivity (Wildman–Crippen MR) is 88.2 cm³/mol. The fourth-order valence-corrected chi connectivity index (χ4v) is 2.14. The monoisotopic (exact) mass is 349 g/mol. The Morgan fingerprint density at radius 1 is 1.17 bits per heavy atom. The Hall–Kier alpha value is -2.94. The zero-order chi connectivity index (χ0) is 17.7. The van der Waals surface area contributed by atoms with E-state index in [1.54, 1.807) is 24.3 Å². The first-order chi connectivity index (χ1) is 11.3. The smallest absolute Gasteiger partial charge is 0.351 e. The summed E-state index contributed by atoms with van der Waals surface area (Å²) < 4.78 is 28.2. The average Bonchev–Trinajstić information content (AvgIpc) is 2.53. The molecule has 0 amide bonds. The number of anilines is 1. The molecule has 8 nitrogen and oxygen atoms in total. The molecule has 0 atom stereocenters. The number of carboxylic acids is 1. The Balaban J connectivity index is 2.04. The van der Waals surface area contributed by atoms with E-state index < -0.39 is 15.8 Å². The van der Waals surface area contributed by atoms with Gasteiger partial charge in [-0.05, 0) is 43.3 Å². The average molecular weight is 349 g/mol. The van der Waals surface area contributed by atoms with Gasteiger partial charge in [-0.25, -0.2) is 18.2 Å². The minimum atomic E-state index is -3.35. The zero-order valence-corrected chi connectivity index (χ0v) is 13.7. The van der Waals surface area contributed by atoms with Crippen LogP contribution in [0.15, 0.2) is 52.7 Å². The second-order valence-corrected chi connectivity index (χ2v) is 6.81. The highest BCUT2D eigenvalue weighted by Crippen LogP contribution is 2.23. The molecule has 0 saturated carbocycles. The number of carboxylic acid groups (broad SMARTS) is 1. The molecule has 0 bridgehead atoms. The van der Waals surface area contributed by atoms with Gasteiger partial charge in [0.1, 0.15) is 17.2 Å². The zero-order valence-electron chi connectivity index (χ0n) is 12.9. The highest BCUT2D eigenvalue weighted by Gasteiger charge is 2.08. The molecule has 2 aromatic rings. The quantitative estimate of drug-likeness (QED) is 0.606. The van der Waals surface area contributed by atoms with Crippen molar-refractivity contribution in [3.05, 3.63) is 42.6 Å². The molecule has 1 aromatic heterocycles. The van der Waals surface area contributed by atoms with E-state index in [0.29, 0.717) is 17.2 Å². The Bertz CT molecular complexity index is 859. The van der Waals surface area contributed by atoms with Crippen LogP contribution in [-0.4, -0.2) is 36.4 Å². The molecule has 0 fully saturated rings. The van der Waals surface area contributed by atoms with E-state index >= 15 is 0 Å². The Morgan fingerprint density at radius 3 is 2.29 bits per heavy atom. The number of hydrogen-bond donors (Lipinski definition) is 2. The molecule has 0 aliphatic rings. The third kappa shape index (κ3) is 4.78. The van der Waals surface area contributed by atoms with Gasteiger partial charge in [0.05, 0.1) is 11.9 Å². The van der Waals surface area contributed by atoms with Gasteiger partial charge in [-0.15, -0.1) is 0 Å². The summed E-state index contributed by atoms with van der Waals surface area (Å²) in [5, 5.41) is 12.4. The number of rotatable bonds is 6. The molecule has 0 aliphatic heterocycles. The number of carbonyl (C=O) groups is 1. The number of aliphatic carboxylic acids is 1. The van der Waals surface area contributed by atoms with E-state index in [0.717, 1.165) is 6.26 Å². The molecule has 0 aliphatic carbocycles. The number of benzene rings is 1. The number of hydrazone groups is 1. The van der Waals surface area contributed by atoms with Crippen molar-refractivity contribution in [2.24, 2.45) is 5.10 Å². The summed E-state index contributed by atoms with van der Waals surface area (Å²) in [4.78, 5) is 14.5. The van der Waals surface area contributed by atoms with Crippen LogP contribution in [0, 0.1) is 0 Å². The number of nitrogens with zero attached hydrogens (tertiary/aromatic N) is 2. The maximum Gasteiger partial charge on any atom is 0.351 e. The van der Waals surface area contributed by atoms with E-state index in [1.807, 2.05) is 0 Å². The van der Waals surface area contributed by atoms with Gasteiger partial charge >= 0.3 is 5.97 Å².